The summed E-state index contributed by atoms with van der Waals surface area (Å²) in [6.45, 7) is 1.80. The van der Waals surface area contributed by atoms with Gasteiger partial charge in [0.2, 0.25) is 0 Å². The Labute approximate surface area is 122 Å². The van der Waals surface area contributed by atoms with Crippen LogP contribution < -0.4 is 10.1 Å². The topological polar surface area (TPSA) is 75.6 Å². The third-order valence-electron chi connectivity index (χ3n) is 2.75. The van der Waals surface area contributed by atoms with Gasteiger partial charge in [0.25, 0.3) is 5.91 Å². The first-order valence-corrected chi connectivity index (χ1v) is 6.37. The fraction of sp³-hybridized carbons (Fsp3) is 0.125. The molecule has 0 atom stereocenters. The minimum atomic E-state index is -1.04. The van der Waals surface area contributed by atoms with Gasteiger partial charge in [0, 0.05) is 5.69 Å². The second-order valence-corrected chi connectivity index (χ2v) is 4.54. The van der Waals surface area contributed by atoms with Crippen molar-refractivity contribution in [2.24, 2.45) is 0 Å². The molecule has 0 aliphatic carbocycles. The van der Waals surface area contributed by atoms with Crippen LogP contribution in [-0.2, 0) is 4.79 Å². The van der Waals surface area contributed by atoms with Crippen molar-refractivity contribution in [1.82, 2.24) is 0 Å². The van der Waals surface area contributed by atoms with E-state index in [0.717, 1.165) is 5.56 Å². The molecule has 0 bridgehead atoms. The lowest BCUT2D eigenvalue weighted by atomic mass is 10.2. The van der Waals surface area contributed by atoms with Crippen LogP contribution in [0.4, 0.5) is 5.69 Å². The molecule has 0 aliphatic heterocycles. The normalized spacial score (nSPS) is 9.95. The number of rotatable bonds is 5. The largest absolute Gasteiger partial charge is 0.484 e. The van der Waals surface area contributed by atoms with Crippen molar-refractivity contribution in [2.45, 2.75) is 6.92 Å². The lowest BCUT2D eigenvalue weighted by molar-refractivity contribution is -0.118. The minimum Gasteiger partial charge on any atom is -0.484 e. The van der Waals surface area contributed by atoms with Crippen molar-refractivity contribution < 1.29 is 19.4 Å². The summed E-state index contributed by atoms with van der Waals surface area (Å²) in [6, 6.07) is 13.4. The highest BCUT2D eigenvalue weighted by atomic mass is 16.5. The summed E-state index contributed by atoms with van der Waals surface area (Å²) in [4.78, 5) is 22.6. The number of anilines is 1. The summed E-state index contributed by atoms with van der Waals surface area (Å²) in [5, 5.41) is 11.5. The van der Waals surface area contributed by atoms with E-state index in [1.807, 2.05) is 25.1 Å². The molecule has 0 heterocycles. The summed E-state index contributed by atoms with van der Waals surface area (Å²) in [5.74, 6) is -0.773. The molecule has 0 aromatic heterocycles. The number of nitrogens with one attached hydrogen (secondary N) is 1. The molecule has 21 heavy (non-hydrogen) atoms. The average molecular weight is 285 g/mol. The molecular formula is C16H15NO4. The Morgan fingerprint density at radius 3 is 2.62 bits per heavy atom. The predicted octanol–water partition coefficient (Wildman–Crippen LogP) is 2.71. The molecule has 0 saturated carbocycles. The van der Waals surface area contributed by atoms with Crippen molar-refractivity contribution >= 4 is 17.6 Å². The van der Waals surface area contributed by atoms with Gasteiger partial charge in [-0.25, -0.2) is 4.79 Å². The highest BCUT2D eigenvalue weighted by Gasteiger charge is 2.07. The highest BCUT2D eigenvalue weighted by molar-refractivity contribution is 5.94. The molecule has 0 spiro atoms. The number of ether oxygens (including phenoxy) is 1. The number of aryl methyl sites for hydroxylation is 1. The molecule has 5 nitrogen and oxygen atoms in total. The fourth-order valence-electron chi connectivity index (χ4n) is 1.78. The van der Waals surface area contributed by atoms with E-state index in [1.165, 1.54) is 12.1 Å². The van der Waals surface area contributed by atoms with Crippen LogP contribution in [0.2, 0.25) is 0 Å². The maximum atomic E-state index is 11.8. The Bertz CT molecular complexity index is 667. The van der Waals surface area contributed by atoms with Crippen LogP contribution in [0, 0.1) is 6.92 Å². The Morgan fingerprint density at radius 1 is 1.14 bits per heavy atom. The predicted molar refractivity (Wildman–Crippen MR) is 78.7 cm³/mol. The van der Waals surface area contributed by atoms with Crippen LogP contribution in [0.25, 0.3) is 0 Å². The summed E-state index contributed by atoms with van der Waals surface area (Å²) < 4.78 is 5.37. The number of carboxylic acids is 1. The number of carbonyl (C=O) groups is 2. The molecule has 1 amide bonds. The minimum absolute atomic E-state index is 0.118. The Morgan fingerprint density at radius 2 is 1.90 bits per heavy atom. The van der Waals surface area contributed by atoms with Crippen LogP contribution in [-0.4, -0.2) is 23.6 Å². The number of benzene rings is 2. The average Bonchev–Trinajstić information content (AvgIpc) is 2.45. The van der Waals surface area contributed by atoms with Crippen molar-refractivity contribution in [1.29, 1.82) is 0 Å². The molecule has 0 aliphatic rings. The Kier molecular flexibility index (Phi) is 4.56. The number of aromatic carboxylic acids is 1. The smallest absolute Gasteiger partial charge is 0.335 e. The van der Waals surface area contributed by atoms with E-state index in [0.29, 0.717) is 11.4 Å². The zero-order chi connectivity index (χ0) is 15.2. The quantitative estimate of drug-likeness (QED) is 0.885. The zero-order valence-electron chi connectivity index (χ0n) is 11.5. The molecule has 2 rings (SSSR count). The van der Waals surface area contributed by atoms with E-state index < -0.39 is 5.97 Å². The molecular weight excluding hydrogens is 270 g/mol. The van der Waals surface area contributed by atoms with Crippen molar-refractivity contribution in [3.05, 3.63) is 59.7 Å². The van der Waals surface area contributed by atoms with Crippen molar-refractivity contribution in [3.8, 4) is 5.75 Å². The number of hydrogen-bond acceptors (Lipinski definition) is 3. The summed E-state index contributed by atoms with van der Waals surface area (Å²) in [6.07, 6.45) is 0. The standard InChI is InChI=1S/C16H15NO4/c1-11-4-2-7-14(8-11)21-10-15(18)17-13-6-3-5-12(9-13)16(19)20/h2-9H,10H2,1H3,(H,17,18)(H,19,20). The van der Waals surface area contributed by atoms with Gasteiger partial charge in [0.15, 0.2) is 6.61 Å². The highest BCUT2D eigenvalue weighted by Crippen LogP contribution is 2.13. The molecule has 0 unspecified atom stereocenters. The molecule has 5 heteroatoms. The van der Waals surface area contributed by atoms with Crippen LogP contribution in [0.3, 0.4) is 0 Å². The van der Waals surface area contributed by atoms with E-state index in [1.54, 1.807) is 18.2 Å². The monoisotopic (exact) mass is 285 g/mol. The van der Waals surface area contributed by atoms with Crippen LogP contribution in [0.5, 0.6) is 5.75 Å². The third-order valence-corrected chi connectivity index (χ3v) is 2.75. The van der Waals surface area contributed by atoms with Gasteiger partial charge in [0.1, 0.15) is 5.75 Å². The molecule has 0 radical (unpaired) electrons. The zero-order valence-corrected chi connectivity index (χ0v) is 11.5. The summed E-state index contributed by atoms with van der Waals surface area (Å²) in [5.41, 5.74) is 1.59. The lowest BCUT2D eigenvalue weighted by Gasteiger charge is -2.08. The maximum Gasteiger partial charge on any atom is 0.335 e. The first kappa shape index (κ1) is 14.6. The van der Waals surface area contributed by atoms with Gasteiger partial charge >= 0.3 is 5.97 Å². The van der Waals surface area contributed by atoms with E-state index >= 15 is 0 Å². The van der Waals surface area contributed by atoms with Crippen LogP contribution in [0.15, 0.2) is 48.5 Å². The Balaban J connectivity index is 1.93. The van der Waals surface area contributed by atoms with Gasteiger partial charge in [-0.2, -0.15) is 0 Å². The summed E-state index contributed by atoms with van der Waals surface area (Å²) in [7, 11) is 0. The SMILES string of the molecule is Cc1cccc(OCC(=O)Nc2cccc(C(=O)O)c2)c1. The number of carboxylic acid groups (broad SMARTS) is 1. The van der Waals surface area contributed by atoms with E-state index in [9.17, 15) is 9.59 Å². The van der Waals surface area contributed by atoms with Gasteiger partial charge < -0.3 is 15.2 Å². The fourth-order valence-corrected chi connectivity index (χ4v) is 1.78. The van der Waals surface area contributed by atoms with Crippen LogP contribution >= 0.6 is 0 Å². The van der Waals surface area contributed by atoms with Crippen LogP contribution in [0.1, 0.15) is 15.9 Å². The van der Waals surface area contributed by atoms with E-state index in [4.69, 9.17) is 9.84 Å². The molecule has 0 saturated heterocycles. The molecule has 2 N–H and O–H groups in total. The van der Waals surface area contributed by atoms with Crippen molar-refractivity contribution in [3.63, 3.8) is 0 Å². The second kappa shape index (κ2) is 6.56. The first-order chi connectivity index (χ1) is 10.0. The lowest BCUT2D eigenvalue weighted by Crippen LogP contribution is -2.20. The molecule has 108 valence electrons. The maximum absolute atomic E-state index is 11.8. The molecule has 0 fully saturated rings. The summed E-state index contributed by atoms with van der Waals surface area (Å²) >= 11 is 0. The number of hydrogen-bond donors (Lipinski definition) is 2. The van der Waals surface area contributed by atoms with Gasteiger partial charge in [0.05, 0.1) is 5.56 Å². The van der Waals surface area contributed by atoms with Crippen molar-refractivity contribution in [2.75, 3.05) is 11.9 Å². The van der Waals surface area contributed by atoms with Gasteiger partial charge in [-0.05, 0) is 42.8 Å². The third kappa shape index (κ3) is 4.35. The van der Waals surface area contributed by atoms with E-state index in [-0.39, 0.29) is 18.1 Å². The molecule has 2 aromatic carbocycles. The Hall–Kier alpha value is -2.82. The first-order valence-electron chi connectivity index (χ1n) is 6.37. The number of carbonyl (C=O) groups excluding carboxylic acids is 1. The molecule has 2 aromatic rings. The van der Waals surface area contributed by atoms with E-state index in [2.05, 4.69) is 5.32 Å². The second-order valence-electron chi connectivity index (χ2n) is 4.54. The number of amides is 1. The van der Waals surface area contributed by atoms with Gasteiger partial charge in [-0.3, -0.25) is 4.79 Å². The van der Waals surface area contributed by atoms with Gasteiger partial charge in [-0.15, -0.1) is 0 Å². The van der Waals surface area contributed by atoms with Gasteiger partial charge in [-0.1, -0.05) is 18.2 Å².